The number of anilines is 1. The molecule has 6 rings (SSSR count). The van der Waals surface area contributed by atoms with Gasteiger partial charge in [0.2, 0.25) is 16.9 Å². The molecule has 0 unspecified atom stereocenters. The molecule has 1 aliphatic rings. The Morgan fingerprint density at radius 1 is 0.778 bits per heavy atom. The summed E-state index contributed by atoms with van der Waals surface area (Å²) in [7, 11) is 0. The Bertz CT molecular complexity index is 1710. The van der Waals surface area contributed by atoms with Crippen molar-refractivity contribution in [3.63, 3.8) is 0 Å². The van der Waals surface area contributed by atoms with E-state index in [0.717, 1.165) is 4.90 Å². The molecule has 0 spiro atoms. The summed E-state index contributed by atoms with van der Waals surface area (Å²) in [5.41, 5.74) is 0.559. The summed E-state index contributed by atoms with van der Waals surface area (Å²) >= 11 is 0. The fraction of sp³-hybridized carbons (Fsp3) is 0. The molecule has 0 saturated carbocycles. The van der Waals surface area contributed by atoms with Crippen molar-refractivity contribution in [2.75, 3.05) is 4.90 Å². The lowest BCUT2D eigenvalue weighted by Gasteiger charge is -2.15. The van der Waals surface area contributed by atoms with Crippen LogP contribution < -0.4 is 15.1 Å². The third-order valence-corrected chi connectivity index (χ3v) is 5.83. The van der Waals surface area contributed by atoms with Crippen LogP contribution in [0.25, 0.3) is 22.5 Å². The highest BCUT2D eigenvalue weighted by Crippen LogP contribution is 2.32. The Morgan fingerprint density at radius 2 is 1.50 bits per heavy atom. The van der Waals surface area contributed by atoms with Gasteiger partial charge in [-0.3, -0.25) is 14.4 Å². The van der Waals surface area contributed by atoms with Gasteiger partial charge >= 0.3 is 5.97 Å². The predicted octanol–water partition coefficient (Wildman–Crippen LogP) is 5.07. The van der Waals surface area contributed by atoms with E-state index in [2.05, 4.69) is 0 Å². The molecule has 0 fully saturated rings. The van der Waals surface area contributed by atoms with Crippen LogP contribution in [-0.4, -0.2) is 17.8 Å². The van der Waals surface area contributed by atoms with Gasteiger partial charge in [-0.25, -0.2) is 9.69 Å². The molecule has 5 aromatic rings. The average Bonchev–Trinajstić information content (AvgIpc) is 3.53. The zero-order valence-corrected chi connectivity index (χ0v) is 18.5. The number of furan rings is 1. The minimum atomic E-state index is -0.871. The second-order valence-electron chi connectivity index (χ2n) is 7.99. The van der Waals surface area contributed by atoms with Gasteiger partial charge in [0.15, 0.2) is 5.76 Å². The minimum absolute atomic E-state index is 0.0296. The third kappa shape index (κ3) is 3.32. The van der Waals surface area contributed by atoms with E-state index in [1.165, 1.54) is 30.5 Å². The summed E-state index contributed by atoms with van der Waals surface area (Å²) in [5.74, 6) is -2.01. The van der Waals surface area contributed by atoms with Gasteiger partial charge in [0.1, 0.15) is 5.58 Å². The molecule has 0 radical (unpaired) electrons. The fourth-order valence-corrected chi connectivity index (χ4v) is 4.13. The summed E-state index contributed by atoms with van der Waals surface area (Å²) in [6.07, 6.45) is 1.40. The quantitative estimate of drug-likeness (QED) is 0.263. The van der Waals surface area contributed by atoms with E-state index >= 15 is 0 Å². The predicted molar refractivity (Wildman–Crippen MR) is 129 cm³/mol. The van der Waals surface area contributed by atoms with Gasteiger partial charge in [0.05, 0.1) is 34.0 Å². The van der Waals surface area contributed by atoms with Crippen molar-refractivity contribution >= 4 is 34.4 Å². The summed E-state index contributed by atoms with van der Waals surface area (Å²) in [5, 5.41) is 0.232. The first-order valence-electron chi connectivity index (χ1n) is 10.9. The highest BCUT2D eigenvalue weighted by atomic mass is 16.5. The SMILES string of the molecule is O=C(Oc1c(-c2ccco2)oc2ccccc2c1=O)c1cccc(N2C(=O)c3ccccc3C2=O)c1. The number of carbonyl (C=O) groups is 3. The summed E-state index contributed by atoms with van der Waals surface area (Å²) < 4.78 is 16.8. The molecule has 1 aliphatic heterocycles. The van der Waals surface area contributed by atoms with E-state index in [1.807, 2.05) is 0 Å². The molecule has 0 bridgehead atoms. The highest BCUT2D eigenvalue weighted by molar-refractivity contribution is 6.34. The maximum absolute atomic E-state index is 13.2. The Kier molecular flexibility index (Phi) is 4.86. The molecule has 2 amide bonds. The van der Waals surface area contributed by atoms with Crippen LogP contribution in [0.2, 0.25) is 0 Å². The van der Waals surface area contributed by atoms with Gasteiger partial charge in [0, 0.05) is 0 Å². The van der Waals surface area contributed by atoms with E-state index < -0.39 is 23.2 Å². The van der Waals surface area contributed by atoms with Crippen molar-refractivity contribution in [3.05, 3.63) is 118 Å². The largest absolute Gasteiger partial charge is 0.461 e. The van der Waals surface area contributed by atoms with Gasteiger partial charge in [-0.05, 0) is 54.6 Å². The number of amides is 2. The molecule has 0 saturated heterocycles. The normalized spacial score (nSPS) is 12.7. The topological polar surface area (TPSA) is 107 Å². The van der Waals surface area contributed by atoms with Crippen molar-refractivity contribution < 1.29 is 28.0 Å². The number of benzene rings is 3. The maximum atomic E-state index is 13.2. The number of nitrogens with zero attached hydrogens (tertiary/aromatic N) is 1. The van der Waals surface area contributed by atoms with Crippen molar-refractivity contribution in [1.82, 2.24) is 0 Å². The Labute approximate surface area is 202 Å². The molecular formula is C28H15NO7. The molecule has 0 atom stereocenters. The zero-order chi connectivity index (χ0) is 24.8. The number of ether oxygens (including phenoxy) is 1. The number of esters is 1. The van der Waals surface area contributed by atoms with Gasteiger partial charge in [-0.2, -0.15) is 0 Å². The van der Waals surface area contributed by atoms with E-state index in [1.54, 1.807) is 60.7 Å². The summed E-state index contributed by atoms with van der Waals surface area (Å²) in [4.78, 5) is 53.1. The van der Waals surface area contributed by atoms with E-state index in [4.69, 9.17) is 13.6 Å². The average molecular weight is 477 g/mol. The summed E-state index contributed by atoms with van der Waals surface area (Å²) in [6.45, 7) is 0. The van der Waals surface area contributed by atoms with Crippen LogP contribution in [0.4, 0.5) is 5.69 Å². The lowest BCUT2D eigenvalue weighted by molar-refractivity contribution is 0.0730. The molecule has 0 aliphatic carbocycles. The van der Waals surface area contributed by atoms with Crippen LogP contribution in [0.5, 0.6) is 5.75 Å². The molecular weight excluding hydrogens is 462 g/mol. The number of carbonyl (C=O) groups excluding carboxylic acids is 3. The molecule has 2 aromatic heterocycles. The van der Waals surface area contributed by atoms with Crippen molar-refractivity contribution in [3.8, 4) is 17.3 Å². The number of hydrogen-bond donors (Lipinski definition) is 0. The Morgan fingerprint density at radius 3 is 2.22 bits per heavy atom. The van der Waals surface area contributed by atoms with Crippen molar-refractivity contribution in [2.45, 2.75) is 0 Å². The van der Waals surface area contributed by atoms with Crippen LogP contribution in [-0.2, 0) is 0 Å². The highest BCUT2D eigenvalue weighted by Gasteiger charge is 2.36. The number of fused-ring (bicyclic) bond motifs is 2. The minimum Gasteiger partial charge on any atom is -0.461 e. The number of para-hydroxylation sites is 1. The van der Waals surface area contributed by atoms with Gasteiger partial charge in [-0.1, -0.05) is 30.3 Å². The first kappa shape index (κ1) is 21.3. The molecule has 3 aromatic carbocycles. The lowest BCUT2D eigenvalue weighted by atomic mass is 10.1. The number of imide groups is 1. The standard InChI is InChI=1S/C28H15NO7/c30-23-20-11-3-4-12-21(20)35-24(22-13-6-14-34-22)25(23)36-28(33)16-7-5-8-17(15-16)29-26(31)18-9-1-2-10-19(18)27(29)32/h1-15H. The third-order valence-electron chi connectivity index (χ3n) is 5.83. The van der Waals surface area contributed by atoms with Crippen LogP contribution >= 0.6 is 0 Å². The van der Waals surface area contributed by atoms with Crippen molar-refractivity contribution in [2.24, 2.45) is 0 Å². The lowest BCUT2D eigenvalue weighted by Crippen LogP contribution is -2.29. The van der Waals surface area contributed by atoms with E-state index in [0.29, 0.717) is 5.58 Å². The second-order valence-corrected chi connectivity index (χ2v) is 7.99. The van der Waals surface area contributed by atoms with Crippen LogP contribution in [0.15, 0.2) is 105 Å². The van der Waals surface area contributed by atoms with Crippen molar-refractivity contribution in [1.29, 1.82) is 0 Å². The fourth-order valence-electron chi connectivity index (χ4n) is 4.13. The molecule has 3 heterocycles. The smallest absolute Gasteiger partial charge is 0.343 e. The monoisotopic (exact) mass is 477 g/mol. The molecule has 0 N–H and O–H groups in total. The first-order chi connectivity index (χ1) is 17.5. The summed E-state index contributed by atoms with van der Waals surface area (Å²) in [6, 6.07) is 22.1. The van der Waals surface area contributed by atoms with Gasteiger partial charge in [-0.15, -0.1) is 0 Å². The first-order valence-corrected chi connectivity index (χ1v) is 10.9. The molecule has 36 heavy (non-hydrogen) atoms. The molecule has 8 heteroatoms. The molecule has 8 nitrogen and oxygen atoms in total. The van der Waals surface area contributed by atoms with Crippen LogP contribution in [0.1, 0.15) is 31.1 Å². The zero-order valence-electron chi connectivity index (χ0n) is 18.5. The van der Waals surface area contributed by atoms with Crippen LogP contribution in [0.3, 0.4) is 0 Å². The van der Waals surface area contributed by atoms with Crippen LogP contribution in [0, 0.1) is 0 Å². The maximum Gasteiger partial charge on any atom is 0.343 e. The number of rotatable bonds is 4. The Hall–Kier alpha value is -5.24. The van der Waals surface area contributed by atoms with Gasteiger partial charge < -0.3 is 13.6 Å². The van der Waals surface area contributed by atoms with Gasteiger partial charge in [0.25, 0.3) is 11.8 Å². The molecule has 174 valence electrons. The Balaban J connectivity index is 1.38. The van der Waals surface area contributed by atoms with E-state index in [-0.39, 0.29) is 45.0 Å². The van der Waals surface area contributed by atoms with E-state index in [9.17, 15) is 19.2 Å². The number of hydrogen-bond acceptors (Lipinski definition) is 7. The second kappa shape index (κ2) is 8.21.